The van der Waals surface area contributed by atoms with E-state index in [2.05, 4.69) is 21.2 Å². The van der Waals surface area contributed by atoms with E-state index in [9.17, 15) is 9.90 Å². The predicted octanol–water partition coefficient (Wildman–Crippen LogP) is 3.53. The molecular weight excluding hydrogens is 346 g/mol. The summed E-state index contributed by atoms with van der Waals surface area (Å²) in [7, 11) is 0. The van der Waals surface area contributed by atoms with Gasteiger partial charge in [0.05, 0.1) is 12.6 Å². The molecular formula is C17H18BrNO3. The maximum atomic E-state index is 11.9. The first-order chi connectivity index (χ1) is 10.6. The maximum absolute atomic E-state index is 11.9. The number of benzene rings is 2. The number of ether oxygens (including phenoxy) is 1. The summed E-state index contributed by atoms with van der Waals surface area (Å²) in [4.78, 5) is 11.9. The zero-order chi connectivity index (χ0) is 15.9. The molecule has 2 aromatic rings. The summed E-state index contributed by atoms with van der Waals surface area (Å²) in [5.41, 5.74) is 1.62. The van der Waals surface area contributed by atoms with Crippen LogP contribution in [0.1, 0.15) is 18.5 Å². The van der Waals surface area contributed by atoms with Gasteiger partial charge in [0, 0.05) is 10.2 Å². The first-order valence-electron chi connectivity index (χ1n) is 7.03. The second-order valence-electron chi connectivity index (χ2n) is 4.74. The van der Waals surface area contributed by atoms with Gasteiger partial charge in [0.1, 0.15) is 0 Å². The average Bonchev–Trinajstić information content (AvgIpc) is 2.55. The van der Waals surface area contributed by atoms with Crippen molar-refractivity contribution < 1.29 is 14.6 Å². The van der Waals surface area contributed by atoms with Gasteiger partial charge in [-0.25, -0.2) is 4.79 Å². The first kappa shape index (κ1) is 16.5. The highest BCUT2D eigenvalue weighted by molar-refractivity contribution is 9.10. The van der Waals surface area contributed by atoms with E-state index in [4.69, 9.17) is 4.74 Å². The quantitative estimate of drug-likeness (QED) is 0.770. The Morgan fingerprint density at radius 1 is 1.18 bits per heavy atom. The van der Waals surface area contributed by atoms with E-state index in [1.807, 2.05) is 54.6 Å². The molecule has 0 bridgehead atoms. The Morgan fingerprint density at radius 3 is 2.41 bits per heavy atom. The van der Waals surface area contributed by atoms with Gasteiger partial charge in [-0.15, -0.1) is 0 Å². The minimum absolute atomic E-state index is 0.232. The number of carbonyl (C=O) groups is 1. The highest BCUT2D eigenvalue weighted by Gasteiger charge is 2.28. The molecule has 2 aromatic carbocycles. The van der Waals surface area contributed by atoms with Crippen molar-refractivity contribution in [3.05, 3.63) is 64.6 Å². The second-order valence-corrected chi connectivity index (χ2v) is 5.65. The summed E-state index contributed by atoms with van der Waals surface area (Å²) in [6.07, 6.45) is -1.29. The first-order valence-corrected chi connectivity index (χ1v) is 7.83. The Balaban J connectivity index is 2.25. The van der Waals surface area contributed by atoms with E-state index in [0.717, 1.165) is 15.7 Å². The molecule has 0 saturated carbocycles. The number of halogens is 1. The Hall–Kier alpha value is -1.85. The fraction of sp³-hybridized carbons (Fsp3) is 0.235. The molecule has 0 amide bonds. The molecule has 0 radical (unpaired) electrons. The number of aliphatic hydroxyl groups is 1. The van der Waals surface area contributed by atoms with Gasteiger partial charge in [-0.2, -0.15) is 0 Å². The summed E-state index contributed by atoms with van der Waals surface area (Å²) >= 11 is 3.38. The molecule has 5 heteroatoms. The number of anilines is 1. The average molecular weight is 364 g/mol. The van der Waals surface area contributed by atoms with Crippen molar-refractivity contribution in [1.82, 2.24) is 0 Å². The normalized spacial score (nSPS) is 13.2. The molecule has 0 fully saturated rings. The van der Waals surface area contributed by atoms with Gasteiger partial charge in [0.25, 0.3) is 0 Å². The lowest BCUT2D eigenvalue weighted by Gasteiger charge is -2.24. The van der Waals surface area contributed by atoms with Crippen LogP contribution in [0, 0.1) is 0 Å². The molecule has 2 unspecified atom stereocenters. The third kappa shape index (κ3) is 4.32. The molecule has 0 spiro atoms. The number of hydrogen-bond donors (Lipinski definition) is 2. The summed E-state index contributed by atoms with van der Waals surface area (Å²) in [6, 6.07) is 16.3. The van der Waals surface area contributed by atoms with Crippen LogP contribution in [0.5, 0.6) is 0 Å². The van der Waals surface area contributed by atoms with Crippen molar-refractivity contribution in [2.45, 2.75) is 19.1 Å². The minimum Gasteiger partial charge on any atom is -0.464 e. The molecule has 0 aliphatic heterocycles. The van der Waals surface area contributed by atoms with Crippen molar-refractivity contribution in [3.63, 3.8) is 0 Å². The van der Waals surface area contributed by atoms with E-state index in [1.165, 1.54) is 0 Å². The zero-order valence-corrected chi connectivity index (χ0v) is 13.8. The predicted molar refractivity (Wildman–Crippen MR) is 89.6 cm³/mol. The van der Waals surface area contributed by atoms with E-state index < -0.39 is 18.1 Å². The van der Waals surface area contributed by atoms with Crippen LogP contribution in [0.4, 0.5) is 5.69 Å². The highest BCUT2D eigenvalue weighted by Crippen LogP contribution is 2.24. The monoisotopic (exact) mass is 363 g/mol. The van der Waals surface area contributed by atoms with Crippen LogP contribution >= 0.6 is 15.9 Å². The van der Waals surface area contributed by atoms with Crippen LogP contribution in [0.25, 0.3) is 0 Å². The lowest BCUT2D eigenvalue weighted by atomic mass is 10.0. The third-order valence-electron chi connectivity index (χ3n) is 3.17. The number of esters is 1. The van der Waals surface area contributed by atoms with Gasteiger partial charge in [0.15, 0.2) is 6.10 Å². The smallest absolute Gasteiger partial charge is 0.337 e. The van der Waals surface area contributed by atoms with Crippen LogP contribution in [-0.2, 0) is 9.53 Å². The van der Waals surface area contributed by atoms with Crippen molar-refractivity contribution in [1.29, 1.82) is 0 Å². The molecule has 0 heterocycles. The Kier molecular flexibility index (Phi) is 5.98. The fourth-order valence-corrected chi connectivity index (χ4v) is 2.36. The van der Waals surface area contributed by atoms with Crippen LogP contribution in [-0.4, -0.2) is 23.8 Å². The van der Waals surface area contributed by atoms with Crippen molar-refractivity contribution in [3.8, 4) is 0 Å². The van der Waals surface area contributed by atoms with Crippen LogP contribution < -0.4 is 5.32 Å². The van der Waals surface area contributed by atoms with E-state index in [0.29, 0.717) is 0 Å². The summed E-state index contributed by atoms with van der Waals surface area (Å²) in [6.45, 7) is 1.94. The van der Waals surface area contributed by atoms with Gasteiger partial charge in [0.2, 0.25) is 0 Å². The lowest BCUT2D eigenvalue weighted by molar-refractivity contribution is -0.153. The van der Waals surface area contributed by atoms with Crippen molar-refractivity contribution in [2.24, 2.45) is 0 Å². The van der Waals surface area contributed by atoms with Gasteiger partial charge in [-0.3, -0.25) is 0 Å². The Morgan fingerprint density at radius 2 is 1.82 bits per heavy atom. The third-order valence-corrected chi connectivity index (χ3v) is 3.70. The number of aliphatic hydroxyl groups excluding tert-OH is 1. The molecule has 0 saturated heterocycles. The minimum atomic E-state index is -1.29. The Bertz CT molecular complexity index is 601. The summed E-state index contributed by atoms with van der Waals surface area (Å²) in [5, 5.41) is 13.5. The molecule has 116 valence electrons. The number of nitrogens with one attached hydrogen (secondary N) is 1. The molecule has 22 heavy (non-hydrogen) atoms. The van der Waals surface area contributed by atoms with Crippen molar-refractivity contribution in [2.75, 3.05) is 11.9 Å². The maximum Gasteiger partial charge on any atom is 0.337 e. The van der Waals surface area contributed by atoms with Crippen LogP contribution in [0.15, 0.2) is 59.1 Å². The van der Waals surface area contributed by atoms with Gasteiger partial charge in [-0.1, -0.05) is 46.3 Å². The van der Waals surface area contributed by atoms with Crippen LogP contribution in [0.2, 0.25) is 0 Å². The van der Waals surface area contributed by atoms with Gasteiger partial charge in [-0.05, 0) is 36.8 Å². The van der Waals surface area contributed by atoms with E-state index >= 15 is 0 Å². The lowest BCUT2D eigenvalue weighted by Crippen LogP contribution is -2.34. The van der Waals surface area contributed by atoms with Gasteiger partial charge < -0.3 is 15.2 Å². The van der Waals surface area contributed by atoms with Gasteiger partial charge >= 0.3 is 5.97 Å². The topological polar surface area (TPSA) is 58.6 Å². The Labute approximate surface area is 138 Å². The number of carbonyl (C=O) groups excluding carboxylic acids is 1. The highest BCUT2D eigenvalue weighted by atomic mass is 79.9. The summed E-state index contributed by atoms with van der Waals surface area (Å²) < 4.78 is 5.89. The second kappa shape index (κ2) is 7.96. The molecule has 0 aliphatic rings. The van der Waals surface area contributed by atoms with Crippen molar-refractivity contribution >= 4 is 27.6 Å². The molecule has 2 rings (SSSR count). The number of hydrogen-bond acceptors (Lipinski definition) is 4. The molecule has 4 nitrogen and oxygen atoms in total. The fourth-order valence-electron chi connectivity index (χ4n) is 2.09. The van der Waals surface area contributed by atoms with E-state index in [1.54, 1.807) is 6.92 Å². The molecule has 2 atom stereocenters. The summed E-state index contributed by atoms with van der Waals surface area (Å²) in [5.74, 6) is -0.638. The van der Waals surface area contributed by atoms with Crippen LogP contribution in [0.3, 0.4) is 0 Å². The standard InChI is InChI=1S/C17H18BrNO3/c1-2-22-17(21)16(20)15(12-6-4-3-5-7-12)19-14-10-8-13(18)9-11-14/h3-11,15-16,19-20H,2H2,1H3. The molecule has 2 N–H and O–H groups in total. The SMILES string of the molecule is CCOC(=O)C(O)C(Nc1ccc(Br)cc1)c1ccccc1. The molecule has 0 aliphatic carbocycles. The largest absolute Gasteiger partial charge is 0.464 e. The molecule has 0 aromatic heterocycles. The zero-order valence-electron chi connectivity index (χ0n) is 12.2. The number of rotatable bonds is 6. The van der Waals surface area contributed by atoms with E-state index in [-0.39, 0.29) is 6.61 Å².